The Morgan fingerprint density at radius 2 is 1.74 bits per heavy atom. The number of nitrogens with one attached hydrogen (secondary N) is 1. The topological polar surface area (TPSA) is 47.6 Å². The van der Waals surface area contributed by atoms with Gasteiger partial charge in [0.05, 0.1) is 30.0 Å². The first kappa shape index (κ1) is 17.2. The standard InChI is InChI=1S/C17H15Cl2NO3/c1-22-12-8-11(9-13(10-12)23-2)6-7-16(21)20-15-5-3-4-14(18)17(15)19/h3-10H,1-2H3,(H,20,21)/b7-6+. The number of ether oxygens (including phenoxy) is 2. The summed E-state index contributed by atoms with van der Waals surface area (Å²) in [5.74, 6) is 0.959. The molecule has 0 fully saturated rings. The van der Waals surface area contributed by atoms with E-state index >= 15 is 0 Å². The molecule has 1 N–H and O–H groups in total. The first-order valence-corrected chi connectivity index (χ1v) is 7.45. The number of hydrogen-bond donors (Lipinski definition) is 1. The molecule has 0 aliphatic carbocycles. The maximum Gasteiger partial charge on any atom is 0.248 e. The lowest BCUT2D eigenvalue weighted by Gasteiger charge is -2.07. The molecule has 0 aromatic heterocycles. The van der Waals surface area contributed by atoms with Crippen LogP contribution in [0.5, 0.6) is 11.5 Å². The molecule has 23 heavy (non-hydrogen) atoms. The number of anilines is 1. The Morgan fingerprint density at radius 1 is 1.09 bits per heavy atom. The predicted octanol–water partition coefficient (Wildman–Crippen LogP) is 4.66. The molecule has 0 radical (unpaired) electrons. The average molecular weight is 352 g/mol. The summed E-state index contributed by atoms with van der Waals surface area (Å²) in [7, 11) is 3.13. The van der Waals surface area contributed by atoms with Gasteiger partial charge in [-0.25, -0.2) is 0 Å². The zero-order chi connectivity index (χ0) is 16.8. The monoisotopic (exact) mass is 351 g/mol. The van der Waals surface area contributed by atoms with Crippen LogP contribution >= 0.6 is 23.2 Å². The minimum Gasteiger partial charge on any atom is -0.497 e. The molecular formula is C17H15Cl2NO3. The van der Waals surface area contributed by atoms with Crippen LogP contribution in [0.4, 0.5) is 5.69 Å². The number of amides is 1. The Hall–Kier alpha value is -2.17. The summed E-state index contributed by atoms with van der Waals surface area (Å²) in [6.07, 6.45) is 3.05. The second-order valence-electron chi connectivity index (χ2n) is 4.57. The van der Waals surface area contributed by atoms with E-state index in [4.69, 9.17) is 32.7 Å². The van der Waals surface area contributed by atoms with E-state index in [2.05, 4.69) is 5.32 Å². The van der Waals surface area contributed by atoms with Crippen LogP contribution in [-0.4, -0.2) is 20.1 Å². The van der Waals surface area contributed by atoms with Crippen molar-refractivity contribution in [3.05, 3.63) is 58.1 Å². The van der Waals surface area contributed by atoms with Crippen LogP contribution < -0.4 is 14.8 Å². The largest absolute Gasteiger partial charge is 0.497 e. The second kappa shape index (κ2) is 7.90. The van der Waals surface area contributed by atoms with Gasteiger partial charge in [0.15, 0.2) is 0 Å². The number of carbonyl (C=O) groups is 1. The fraction of sp³-hybridized carbons (Fsp3) is 0.118. The van der Waals surface area contributed by atoms with Gasteiger partial charge in [0, 0.05) is 12.1 Å². The third-order valence-electron chi connectivity index (χ3n) is 3.01. The van der Waals surface area contributed by atoms with Crippen LogP contribution in [0.25, 0.3) is 6.08 Å². The van der Waals surface area contributed by atoms with Crippen molar-refractivity contribution in [1.82, 2.24) is 0 Å². The lowest BCUT2D eigenvalue weighted by atomic mass is 10.2. The van der Waals surface area contributed by atoms with E-state index in [1.807, 2.05) is 0 Å². The molecule has 120 valence electrons. The number of rotatable bonds is 5. The molecular weight excluding hydrogens is 337 g/mol. The molecule has 0 unspecified atom stereocenters. The van der Waals surface area contributed by atoms with Crippen LogP contribution in [-0.2, 0) is 4.79 Å². The summed E-state index contributed by atoms with van der Waals surface area (Å²) in [6, 6.07) is 10.4. The Bertz CT molecular complexity index is 722. The Labute approximate surface area is 144 Å². The molecule has 0 aliphatic rings. The van der Waals surface area contributed by atoms with E-state index in [1.165, 1.54) is 6.08 Å². The van der Waals surface area contributed by atoms with Crippen LogP contribution in [0, 0.1) is 0 Å². The zero-order valence-electron chi connectivity index (χ0n) is 12.6. The van der Waals surface area contributed by atoms with Gasteiger partial charge < -0.3 is 14.8 Å². The van der Waals surface area contributed by atoms with Gasteiger partial charge in [-0.15, -0.1) is 0 Å². The van der Waals surface area contributed by atoms with Crippen molar-refractivity contribution in [2.45, 2.75) is 0 Å². The predicted molar refractivity (Wildman–Crippen MR) is 93.7 cm³/mol. The number of halogens is 2. The molecule has 2 rings (SSSR count). The van der Waals surface area contributed by atoms with Gasteiger partial charge in [0.2, 0.25) is 5.91 Å². The maximum atomic E-state index is 12.0. The molecule has 0 aliphatic heterocycles. The summed E-state index contributed by atoms with van der Waals surface area (Å²) in [4.78, 5) is 12.0. The Morgan fingerprint density at radius 3 is 2.35 bits per heavy atom. The molecule has 1 amide bonds. The molecule has 6 heteroatoms. The molecule has 2 aromatic rings. The molecule has 2 aromatic carbocycles. The highest BCUT2D eigenvalue weighted by molar-refractivity contribution is 6.44. The van der Waals surface area contributed by atoms with Gasteiger partial charge in [0.1, 0.15) is 11.5 Å². The number of carbonyl (C=O) groups excluding carboxylic acids is 1. The van der Waals surface area contributed by atoms with Gasteiger partial charge in [0.25, 0.3) is 0 Å². The highest BCUT2D eigenvalue weighted by atomic mass is 35.5. The second-order valence-corrected chi connectivity index (χ2v) is 5.36. The van der Waals surface area contributed by atoms with Gasteiger partial charge in [-0.1, -0.05) is 29.3 Å². The third kappa shape index (κ3) is 4.65. The van der Waals surface area contributed by atoms with Crippen molar-refractivity contribution >= 4 is 40.9 Å². The molecule has 0 bridgehead atoms. The molecule has 0 saturated carbocycles. The van der Waals surface area contributed by atoms with Crippen LogP contribution in [0.2, 0.25) is 10.0 Å². The fourth-order valence-corrected chi connectivity index (χ4v) is 2.22. The molecule has 0 saturated heterocycles. The highest BCUT2D eigenvalue weighted by Gasteiger charge is 2.06. The molecule has 0 heterocycles. The smallest absolute Gasteiger partial charge is 0.248 e. The highest BCUT2D eigenvalue weighted by Crippen LogP contribution is 2.29. The summed E-state index contributed by atoms with van der Waals surface area (Å²) in [5, 5.41) is 3.36. The zero-order valence-corrected chi connectivity index (χ0v) is 14.1. The SMILES string of the molecule is COc1cc(/C=C/C(=O)Nc2cccc(Cl)c2Cl)cc(OC)c1. The third-order valence-corrected chi connectivity index (χ3v) is 3.83. The number of benzene rings is 2. The van der Waals surface area contributed by atoms with E-state index in [0.717, 1.165) is 5.56 Å². The average Bonchev–Trinajstić information content (AvgIpc) is 2.56. The van der Waals surface area contributed by atoms with Gasteiger partial charge in [-0.3, -0.25) is 4.79 Å². The molecule has 0 atom stereocenters. The van der Waals surface area contributed by atoms with Gasteiger partial charge >= 0.3 is 0 Å². The number of hydrogen-bond acceptors (Lipinski definition) is 3. The number of methoxy groups -OCH3 is 2. The van der Waals surface area contributed by atoms with Gasteiger partial charge in [-0.05, 0) is 35.9 Å². The minimum absolute atomic E-state index is 0.305. The lowest BCUT2D eigenvalue weighted by Crippen LogP contribution is -2.08. The van der Waals surface area contributed by atoms with E-state index in [-0.39, 0.29) is 5.91 Å². The van der Waals surface area contributed by atoms with Crippen molar-refractivity contribution < 1.29 is 14.3 Å². The van der Waals surface area contributed by atoms with Crippen LogP contribution in [0.15, 0.2) is 42.5 Å². The van der Waals surface area contributed by atoms with E-state index < -0.39 is 0 Å². The van der Waals surface area contributed by atoms with E-state index in [1.54, 1.807) is 56.7 Å². The summed E-state index contributed by atoms with van der Waals surface area (Å²) in [6.45, 7) is 0. The Balaban J connectivity index is 2.13. The van der Waals surface area contributed by atoms with Crippen molar-refractivity contribution in [2.75, 3.05) is 19.5 Å². The normalized spacial score (nSPS) is 10.6. The fourth-order valence-electron chi connectivity index (χ4n) is 1.87. The van der Waals surface area contributed by atoms with Crippen molar-refractivity contribution in [2.24, 2.45) is 0 Å². The van der Waals surface area contributed by atoms with Gasteiger partial charge in [-0.2, -0.15) is 0 Å². The Kier molecular flexibility index (Phi) is 5.90. The first-order chi connectivity index (χ1) is 11.0. The van der Waals surface area contributed by atoms with Crippen LogP contribution in [0.3, 0.4) is 0 Å². The quantitative estimate of drug-likeness (QED) is 0.796. The van der Waals surface area contributed by atoms with Crippen molar-refractivity contribution in [1.29, 1.82) is 0 Å². The van der Waals surface area contributed by atoms with E-state index in [0.29, 0.717) is 27.2 Å². The summed E-state index contributed by atoms with van der Waals surface area (Å²) < 4.78 is 10.4. The van der Waals surface area contributed by atoms with Crippen molar-refractivity contribution in [3.8, 4) is 11.5 Å². The van der Waals surface area contributed by atoms with Crippen molar-refractivity contribution in [3.63, 3.8) is 0 Å². The van der Waals surface area contributed by atoms with Crippen LogP contribution in [0.1, 0.15) is 5.56 Å². The van der Waals surface area contributed by atoms with E-state index in [9.17, 15) is 4.79 Å². The molecule has 0 spiro atoms. The maximum absolute atomic E-state index is 12.0. The first-order valence-electron chi connectivity index (χ1n) is 6.69. The lowest BCUT2D eigenvalue weighted by molar-refractivity contribution is -0.111. The summed E-state index contributed by atoms with van der Waals surface area (Å²) in [5.41, 5.74) is 1.23. The minimum atomic E-state index is -0.323. The molecule has 4 nitrogen and oxygen atoms in total. The summed E-state index contributed by atoms with van der Waals surface area (Å²) >= 11 is 11.9.